The van der Waals surface area contributed by atoms with Crippen molar-refractivity contribution in [3.63, 3.8) is 0 Å². The van der Waals surface area contributed by atoms with Crippen LogP contribution in [-0.4, -0.2) is 18.8 Å². The van der Waals surface area contributed by atoms with Gasteiger partial charge in [0.15, 0.2) is 0 Å². The minimum Gasteiger partial charge on any atom is -0.372 e. The van der Waals surface area contributed by atoms with Gasteiger partial charge in [0, 0.05) is 0 Å². The molecule has 0 unspecified atom stereocenters. The fraction of sp³-hybridized carbons (Fsp3) is 0.667. The molecule has 1 rings (SSSR count). The summed E-state index contributed by atoms with van der Waals surface area (Å²) in [4.78, 5) is 0. The maximum Gasteiger partial charge on any atom is 0.0741 e. The normalized spacial score (nSPS) is 38.5. The second-order valence-electron chi connectivity index (χ2n) is 2.20. The van der Waals surface area contributed by atoms with Crippen molar-refractivity contribution < 1.29 is 4.74 Å². The smallest absolute Gasteiger partial charge is 0.0741 e. The summed E-state index contributed by atoms with van der Waals surface area (Å²) < 4.78 is 5.15. The Labute approximate surface area is 49.3 Å². The van der Waals surface area contributed by atoms with Crippen LogP contribution in [0.2, 0.25) is 0 Å². The summed E-state index contributed by atoms with van der Waals surface area (Å²) in [6, 6.07) is 0.0648. The van der Waals surface area contributed by atoms with Gasteiger partial charge in [-0.25, -0.2) is 0 Å². The maximum atomic E-state index is 5.60. The van der Waals surface area contributed by atoms with Crippen LogP contribution >= 0.6 is 0 Å². The lowest BCUT2D eigenvalue weighted by molar-refractivity contribution is 0.121. The van der Waals surface area contributed by atoms with Crippen molar-refractivity contribution in [1.82, 2.24) is 0 Å². The topological polar surface area (TPSA) is 35.2 Å². The Balaban J connectivity index is 2.56. The highest BCUT2D eigenvalue weighted by molar-refractivity contribution is 5.11. The van der Waals surface area contributed by atoms with E-state index >= 15 is 0 Å². The molecule has 0 aromatic carbocycles. The first kappa shape index (κ1) is 5.79. The number of ether oxygens (including phenoxy) is 1. The van der Waals surface area contributed by atoms with E-state index in [0.29, 0.717) is 6.61 Å². The number of rotatable bonds is 0. The molecule has 1 fully saturated rings. The van der Waals surface area contributed by atoms with Gasteiger partial charge >= 0.3 is 0 Å². The first-order valence-electron chi connectivity index (χ1n) is 2.76. The summed E-state index contributed by atoms with van der Waals surface area (Å²) >= 11 is 0. The lowest BCUT2D eigenvalue weighted by Crippen LogP contribution is -2.28. The van der Waals surface area contributed by atoms with Crippen molar-refractivity contribution in [2.75, 3.05) is 6.61 Å². The van der Waals surface area contributed by atoms with Crippen LogP contribution in [0.3, 0.4) is 0 Å². The molecule has 0 amide bonds. The van der Waals surface area contributed by atoms with Gasteiger partial charge in [-0.3, -0.25) is 0 Å². The van der Waals surface area contributed by atoms with Crippen LogP contribution in [0, 0.1) is 0 Å². The largest absolute Gasteiger partial charge is 0.372 e. The van der Waals surface area contributed by atoms with Crippen LogP contribution in [0.4, 0.5) is 0 Å². The van der Waals surface area contributed by atoms with Gasteiger partial charge < -0.3 is 10.5 Å². The van der Waals surface area contributed by atoms with E-state index in [1.807, 2.05) is 6.92 Å². The van der Waals surface area contributed by atoms with Gasteiger partial charge in [0.25, 0.3) is 0 Å². The van der Waals surface area contributed by atoms with Gasteiger partial charge in [-0.05, 0) is 12.5 Å². The van der Waals surface area contributed by atoms with E-state index in [1.54, 1.807) is 0 Å². The van der Waals surface area contributed by atoms with E-state index in [2.05, 4.69) is 6.58 Å². The third-order valence-electron chi connectivity index (χ3n) is 1.51. The van der Waals surface area contributed by atoms with Crippen LogP contribution in [0.15, 0.2) is 12.2 Å². The van der Waals surface area contributed by atoms with Gasteiger partial charge in [0.05, 0.1) is 18.8 Å². The number of nitrogens with two attached hydrogens (primary N) is 1. The van der Waals surface area contributed by atoms with Crippen molar-refractivity contribution in [1.29, 1.82) is 0 Å². The number of hydrogen-bond acceptors (Lipinski definition) is 2. The van der Waals surface area contributed by atoms with Crippen LogP contribution in [0.5, 0.6) is 0 Å². The fourth-order valence-corrected chi connectivity index (χ4v) is 0.770. The summed E-state index contributed by atoms with van der Waals surface area (Å²) in [6.07, 6.45) is 0.169. The molecule has 46 valence electrons. The zero-order valence-corrected chi connectivity index (χ0v) is 5.05. The van der Waals surface area contributed by atoms with Crippen LogP contribution in [0.1, 0.15) is 6.92 Å². The monoisotopic (exact) mass is 113 g/mol. The highest BCUT2D eigenvalue weighted by atomic mass is 16.5. The van der Waals surface area contributed by atoms with E-state index in [1.165, 1.54) is 0 Å². The summed E-state index contributed by atoms with van der Waals surface area (Å²) in [7, 11) is 0. The zero-order chi connectivity index (χ0) is 6.15. The van der Waals surface area contributed by atoms with Crippen molar-refractivity contribution in [3.05, 3.63) is 12.2 Å². The summed E-state index contributed by atoms with van der Waals surface area (Å²) in [6.45, 7) is 6.34. The Morgan fingerprint density at radius 3 is 2.62 bits per heavy atom. The van der Waals surface area contributed by atoms with E-state index in [-0.39, 0.29) is 12.1 Å². The van der Waals surface area contributed by atoms with Crippen LogP contribution in [0.25, 0.3) is 0 Å². The second-order valence-corrected chi connectivity index (χ2v) is 2.20. The zero-order valence-electron chi connectivity index (χ0n) is 5.05. The minimum absolute atomic E-state index is 0.0648. The fourth-order valence-electron chi connectivity index (χ4n) is 0.770. The van der Waals surface area contributed by atoms with E-state index in [4.69, 9.17) is 10.5 Å². The lowest BCUT2D eigenvalue weighted by atomic mass is 10.1. The second kappa shape index (κ2) is 1.88. The highest BCUT2D eigenvalue weighted by Gasteiger charge is 2.23. The summed E-state index contributed by atoms with van der Waals surface area (Å²) in [5, 5.41) is 0. The molecular weight excluding hydrogens is 102 g/mol. The molecule has 1 aliphatic heterocycles. The highest BCUT2D eigenvalue weighted by Crippen LogP contribution is 2.14. The molecule has 1 heterocycles. The first-order chi connectivity index (χ1) is 3.72. The molecule has 0 aliphatic carbocycles. The molecular formula is C6H11NO. The van der Waals surface area contributed by atoms with Gasteiger partial charge in [0.2, 0.25) is 0 Å². The third kappa shape index (κ3) is 0.767. The SMILES string of the molecule is C=C1CO[C@@H](C)[C@@H]1N. The number of hydrogen-bond donors (Lipinski definition) is 1. The molecule has 0 aromatic heterocycles. The summed E-state index contributed by atoms with van der Waals surface area (Å²) in [5.41, 5.74) is 6.61. The lowest BCUT2D eigenvalue weighted by Gasteiger charge is -2.05. The molecule has 0 saturated carbocycles. The van der Waals surface area contributed by atoms with E-state index < -0.39 is 0 Å². The quantitative estimate of drug-likeness (QED) is 0.458. The molecule has 2 heteroatoms. The Hall–Kier alpha value is -0.340. The van der Waals surface area contributed by atoms with Crippen LogP contribution in [-0.2, 0) is 4.74 Å². The average Bonchev–Trinajstić information content (AvgIpc) is 1.98. The molecule has 1 aliphatic rings. The first-order valence-corrected chi connectivity index (χ1v) is 2.76. The van der Waals surface area contributed by atoms with Gasteiger partial charge in [-0.2, -0.15) is 0 Å². The van der Waals surface area contributed by atoms with Crippen molar-refractivity contribution in [3.8, 4) is 0 Å². The molecule has 8 heavy (non-hydrogen) atoms. The van der Waals surface area contributed by atoms with E-state index in [9.17, 15) is 0 Å². The predicted octanol–water partition coefficient (Wildman–Crippen LogP) is 0.289. The molecule has 2 N–H and O–H groups in total. The Bertz CT molecular complexity index is 111. The molecule has 0 radical (unpaired) electrons. The van der Waals surface area contributed by atoms with Crippen molar-refractivity contribution in [2.45, 2.75) is 19.1 Å². The Kier molecular flexibility index (Phi) is 1.36. The third-order valence-corrected chi connectivity index (χ3v) is 1.51. The molecule has 1 saturated heterocycles. The predicted molar refractivity (Wildman–Crippen MR) is 32.5 cm³/mol. The Morgan fingerprint density at radius 1 is 1.88 bits per heavy atom. The standard InChI is InChI=1S/C6H11NO/c1-4-3-8-5(2)6(4)7/h5-6H,1,3,7H2,2H3/t5-,6+/m0/s1. The van der Waals surface area contributed by atoms with Crippen molar-refractivity contribution in [2.24, 2.45) is 5.73 Å². The van der Waals surface area contributed by atoms with Crippen molar-refractivity contribution >= 4 is 0 Å². The summed E-state index contributed by atoms with van der Waals surface area (Å²) in [5.74, 6) is 0. The van der Waals surface area contributed by atoms with Crippen LogP contribution < -0.4 is 5.73 Å². The van der Waals surface area contributed by atoms with Gasteiger partial charge in [-0.1, -0.05) is 6.58 Å². The van der Waals surface area contributed by atoms with E-state index in [0.717, 1.165) is 5.57 Å². The van der Waals surface area contributed by atoms with Gasteiger partial charge in [0.1, 0.15) is 0 Å². The molecule has 0 bridgehead atoms. The molecule has 2 atom stereocenters. The minimum atomic E-state index is 0.0648. The molecule has 0 aromatic rings. The molecule has 0 spiro atoms. The molecule has 2 nitrogen and oxygen atoms in total. The Morgan fingerprint density at radius 2 is 2.50 bits per heavy atom. The average molecular weight is 113 g/mol. The maximum absolute atomic E-state index is 5.60. The van der Waals surface area contributed by atoms with Gasteiger partial charge in [-0.15, -0.1) is 0 Å².